The van der Waals surface area contributed by atoms with E-state index in [2.05, 4.69) is 0 Å². The minimum Gasteiger partial charge on any atom is -0.497 e. The molecule has 1 aliphatic rings. The van der Waals surface area contributed by atoms with Crippen LogP contribution in [0, 0.1) is 0 Å². The molecule has 0 unspecified atom stereocenters. The van der Waals surface area contributed by atoms with Gasteiger partial charge in [-0.25, -0.2) is 9.69 Å². The summed E-state index contributed by atoms with van der Waals surface area (Å²) in [5, 5.41) is 9.31. The van der Waals surface area contributed by atoms with E-state index in [-0.39, 0.29) is 13.0 Å². The van der Waals surface area contributed by atoms with Crippen molar-refractivity contribution in [1.82, 2.24) is 4.90 Å². The summed E-state index contributed by atoms with van der Waals surface area (Å²) >= 11 is 5.88. The highest BCUT2D eigenvalue weighted by atomic mass is 35.5. The SMILES string of the molecule is COc1ccc(CN(C(=O)/C=C/C(=O)O)[C@@H]2CC(=O)N(c3ccc(Cl)cc3)C2=O)cc1. The van der Waals surface area contributed by atoms with Crippen LogP contribution in [0.1, 0.15) is 12.0 Å². The van der Waals surface area contributed by atoms with Gasteiger partial charge in [-0.15, -0.1) is 0 Å². The summed E-state index contributed by atoms with van der Waals surface area (Å²) in [6.07, 6.45) is 1.35. The monoisotopic (exact) mass is 442 g/mol. The zero-order valence-corrected chi connectivity index (χ0v) is 17.3. The van der Waals surface area contributed by atoms with Crippen LogP contribution in [0.3, 0.4) is 0 Å². The molecule has 9 heteroatoms. The number of ether oxygens (including phenoxy) is 1. The van der Waals surface area contributed by atoms with Crippen LogP contribution in [0.25, 0.3) is 0 Å². The molecule has 0 bridgehead atoms. The molecular weight excluding hydrogens is 424 g/mol. The molecule has 0 aliphatic carbocycles. The number of anilines is 1. The van der Waals surface area contributed by atoms with Gasteiger partial charge in [0.05, 0.1) is 19.2 Å². The second kappa shape index (κ2) is 9.44. The standard InChI is InChI=1S/C22H19ClN2O6/c1-31-17-8-2-14(3-9-17)13-24(19(26)10-11-21(28)29)18-12-20(27)25(22(18)30)16-6-4-15(23)5-7-16/h2-11,18H,12-13H2,1H3,(H,28,29)/b11-10+/t18-/m1/s1. The number of carboxylic acid groups (broad SMARTS) is 1. The van der Waals surface area contributed by atoms with Gasteiger partial charge in [-0.05, 0) is 42.0 Å². The van der Waals surface area contributed by atoms with Gasteiger partial charge in [0.15, 0.2) is 0 Å². The van der Waals surface area contributed by atoms with Crippen molar-refractivity contribution in [3.05, 3.63) is 71.3 Å². The Bertz CT molecular complexity index is 1030. The number of aliphatic carboxylic acids is 1. The molecule has 3 amide bonds. The average Bonchev–Trinajstić information content (AvgIpc) is 3.05. The highest BCUT2D eigenvalue weighted by Gasteiger charge is 2.44. The molecule has 0 spiro atoms. The van der Waals surface area contributed by atoms with E-state index in [1.54, 1.807) is 48.5 Å². The molecule has 0 radical (unpaired) electrons. The van der Waals surface area contributed by atoms with Gasteiger partial charge in [-0.1, -0.05) is 23.7 Å². The summed E-state index contributed by atoms with van der Waals surface area (Å²) < 4.78 is 5.12. The number of nitrogens with zero attached hydrogens (tertiary/aromatic N) is 2. The molecule has 1 aliphatic heterocycles. The van der Waals surface area contributed by atoms with Gasteiger partial charge in [-0.3, -0.25) is 14.4 Å². The number of benzene rings is 2. The van der Waals surface area contributed by atoms with Crippen molar-refractivity contribution in [3.8, 4) is 5.75 Å². The van der Waals surface area contributed by atoms with E-state index in [1.807, 2.05) is 0 Å². The van der Waals surface area contributed by atoms with Gasteiger partial charge in [0.1, 0.15) is 11.8 Å². The fraction of sp³-hybridized carbons (Fsp3) is 0.182. The second-order valence-corrected chi connectivity index (χ2v) is 7.19. The van der Waals surface area contributed by atoms with Gasteiger partial charge in [0.2, 0.25) is 11.8 Å². The largest absolute Gasteiger partial charge is 0.497 e. The highest BCUT2D eigenvalue weighted by molar-refractivity contribution is 6.31. The summed E-state index contributed by atoms with van der Waals surface area (Å²) in [5.74, 6) is -2.41. The summed E-state index contributed by atoms with van der Waals surface area (Å²) in [6.45, 7) is 0.00489. The van der Waals surface area contributed by atoms with Crippen molar-refractivity contribution in [3.63, 3.8) is 0 Å². The Morgan fingerprint density at radius 1 is 1.13 bits per heavy atom. The maximum absolute atomic E-state index is 13.1. The number of hydrogen-bond donors (Lipinski definition) is 1. The van der Waals surface area contributed by atoms with Gasteiger partial charge >= 0.3 is 5.97 Å². The lowest BCUT2D eigenvalue weighted by Crippen LogP contribution is -2.44. The van der Waals surface area contributed by atoms with Crippen LogP contribution < -0.4 is 9.64 Å². The lowest BCUT2D eigenvalue weighted by atomic mass is 10.1. The van der Waals surface area contributed by atoms with Gasteiger partial charge in [0, 0.05) is 23.7 Å². The van der Waals surface area contributed by atoms with Crippen molar-refractivity contribution >= 4 is 41.0 Å². The third-order valence-electron chi connectivity index (χ3n) is 4.75. The van der Waals surface area contributed by atoms with Gasteiger partial charge in [-0.2, -0.15) is 0 Å². The predicted molar refractivity (Wildman–Crippen MR) is 113 cm³/mol. The van der Waals surface area contributed by atoms with Crippen LogP contribution in [-0.4, -0.2) is 46.8 Å². The van der Waals surface area contributed by atoms with Crippen LogP contribution in [-0.2, 0) is 25.7 Å². The van der Waals surface area contributed by atoms with Crippen molar-refractivity contribution in [2.24, 2.45) is 0 Å². The Morgan fingerprint density at radius 3 is 2.35 bits per heavy atom. The zero-order valence-electron chi connectivity index (χ0n) is 16.5. The molecule has 1 atom stereocenters. The molecule has 3 rings (SSSR count). The maximum Gasteiger partial charge on any atom is 0.328 e. The molecular formula is C22H19ClN2O6. The Balaban J connectivity index is 1.91. The van der Waals surface area contributed by atoms with E-state index < -0.39 is 29.7 Å². The Labute approximate surface area is 183 Å². The number of carbonyl (C=O) groups is 4. The van der Waals surface area contributed by atoms with E-state index in [0.29, 0.717) is 28.1 Å². The Kier molecular flexibility index (Phi) is 6.71. The maximum atomic E-state index is 13.1. The van der Waals surface area contributed by atoms with Crippen LogP contribution in [0.4, 0.5) is 5.69 Å². The van der Waals surface area contributed by atoms with Crippen molar-refractivity contribution in [1.29, 1.82) is 0 Å². The lowest BCUT2D eigenvalue weighted by molar-refractivity contribution is -0.135. The molecule has 31 heavy (non-hydrogen) atoms. The third kappa shape index (κ3) is 5.10. The van der Waals surface area contributed by atoms with E-state index in [1.165, 1.54) is 12.0 Å². The molecule has 0 aromatic heterocycles. The summed E-state index contributed by atoms with van der Waals surface area (Å²) in [6, 6.07) is 12.0. The molecule has 2 aromatic rings. The normalized spacial score (nSPS) is 16.1. The average molecular weight is 443 g/mol. The molecule has 1 N–H and O–H groups in total. The first-order chi connectivity index (χ1) is 14.8. The molecule has 160 valence electrons. The van der Waals surface area contributed by atoms with Crippen molar-refractivity contribution in [2.45, 2.75) is 19.0 Å². The van der Waals surface area contributed by atoms with E-state index >= 15 is 0 Å². The van der Waals surface area contributed by atoms with E-state index in [0.717, 1.165) is 11.0 Å². The number of methoxy groups -OCH3 is 1. The Morgan fingerprint density at radius 2 is 1.77 bits per heavy atom. The fourth-order valence-corrected chi connectivity index (χ4v) is 3.35. The highest BCUT2D eigenvalue weighted by Crippen LogP contribution is 2.28. The predicted octanol–water partition coefficient (Wildman–Crippen LogP) is 2.65. The number of imide groups is 1. The minimum absolute atomic E-state index is 0.00489. The van der Waals surface area contributed by atoms with E-state index in [9.17, 15) is 19.2 Å². The third-order valence-corrected chi connectivity index (χ3v) is 5.00. The zero-order chi connectivity index (χ0) is 22.5. The summed E-state index contributed by atoms with van der Waals surface area (Å²) in [4.78, 5) is 51.5. The van der Waals surface area contributed by atoms with Crippen LogP contribution in [0.2, 0.25) is 5.02 Å². The number of rotatable bonds is 7. The second-order valence-electron chi connectivity index (χ2n) is 6.75. The van der Waals surface area contributed by atoms with Crippen molar-refractivity contribution < 1.29 is 29.0 Å². The molecule has 2 aromatic carbocycles. The number of hydrogen-bond acceptors (Lipinski definition) is 5. The van der Waals surface area contributed by atoms with E-state index in [4.69, 9.17) is 21.4 Å². The molecule has 1 saturated heterocycles. The van der Waals surface area contributed by atoms with Gasteiger partial charge < -0.3 is 14.7 Å². The van der Waals surface area contributed by atoms with Crippen molar-refractivity contribution in [2.75, 3.05) is 12.0 Å². The smallest absolute Gasteiger partial charge is 0.328 e. The first-order valence-electron chi connectivity index (χ1n) is 9.27. The molecule has 1 fully saturated rings. The van der Waals surface area contributed by atoms with Crippen LogP contribution in [0.5, 0.6) is 5.75 Å². The molecule has 0 saturated carbocycles. The van der Waals surface area contributed by atoms with Gasteiger partial charge in [0.25, 0.3) is 5.91 Å². The summed E-state index contributed by atoms with van der Waals surface area (Å²) in [5.41, 5.74) is 1.03. The Hall–Kier alpha value is -3.65. The summed E-state index contributed by atoms with van der Waals surface area (Å²) in [7, 11) is 1.52. The number of carboxylic acids is 1. The first-order valence-corrected chi connectivity index (χ1v) is 9.65. The number of amides is 3. The number of carbonyl (C=O) groups excluding carboxylic acids is 3. The topological polar surface area (TPSA) is 104 Å². The lowest BCUT2D eigenvalue weighted by Gasteiger charge is -2.26. The molecule has 1 heterocycles. The minimum atomic E-state index is -1.30. The van der Waals surface area contributed by atoms with Crippen LogP contribution >= 0.6 is 11.6 Å². The molecule has 8 nitrogen and oxygen atoms in total. The number of halogens is 1. The quantitative estimate of drug-likeness (QED) is 0.522. The first kappa shape index (κ1) is 22.0. The van der Waals surface area contributed by atoms with Crippen LogP contribution in [0.15, 0.2) is 60.7 Å². The fourth-order valence-electron chi connectivity index (χ4n) is 3.23.